The predicted octanol–water partition coefficient (Wildman–Crippen LogP) is 3.83. The van der Waals surface area contributed by atoms with Crippen molar-refractivity contribution in [3.8, 4) is 5.75 Å². The van der Waals surface area contributed by atoms with E-state index in [1.807, 2.05) is 19.1 Å². The number of nitrogens with zero attached hydrogens (tertiary/aromatic N) is 1. The molecule has 1 aliphatic heterocycles. The Morgan fingerprint density at radius 2 is 2.11 bits per heavy atom. The SMILES string of the molecule is CC1=CCC(F)C(NC(=O)Nc2ccc(OC3C=CN=C(c4cc(C(O)NCCCO)c[nH]4)C3)cc2)=C1. The number of ether oxygens (including phenoxy) is 1. The maximum absolute atomic E-state index is 14.0. The summed E-state index contributed by atoms with van der Waals surface area (Å²) in [4.78, 5) is 19.9. The van der Waals surface area contributed by atoms with Crippen LogP contribution in [0.25, 0.3) is 0 Å². The number of anilines is 1. The summed E-state index contributed by atoms with van der Waals surface area (Å²) in [7, 11) is 0. The second kappa shape index (κ2) is 12.5. The molecule has 2 amide bonds. The van der Waals surface area contributed by atoms with Crippen molar-refractivity contribution < 1.29 is 24.1 Å². The third kappa shape index (κ3) is 7.39. The molecule has 2 aromatic rings. The number of urea groups is 1. The van der Waals surface area contributed by atoms with Crippen LogP contribution in [0, 0.1) is 0 Å². The fraction of sp³-hybridized carbons (Fsp3) is 0.333. The number of aliphatic imine (C=N–C) groups is 1. The fourth-order valence-corrected chi connectivity index (χ4v) is 3.98. The van der Waals surface area contributed by atoms with Crippen LogP contribution in [-0.2, 0) is 0 Å². The summed E-state index contributed by atoms with van der Waals surface area (Å²) in [5, 5.41) is 27.3. The lowest BCUT2D eigenvalue weighted by atomic mass is 10.0. The van der Waals surface area contributed by atoms with E-state index in [2.05, 4.69) is 25.9 Å². The van der Waals surface area contributed by atoms with Gasteiger partial charge in [0.1, 0.15) is 24.3 Å². The number of H-pyrrole nitrogens is 1. The zero-order valence-corrected chi connectivity index (χ0v) is 20.6. The Balaban J connectivity index is 1.28. The van der Waals surface area contributed by atoms with E-state index in [1.165, 1.54) is 0 Å². The maximum Gasteiger partial charge on any atom is 0.323 e. The summed E-state index contributed by atoms with van der Waals surface area (Å²) in [6.07, 6.45) is 7.73. The Hall–Kier alpha value is -3.73. The topological polar surface area (TPSA) is 131 Å². The molecule has 37 heavy (non-hydrogen) atoms. The van der Waals surface area contributed by atoms with Crippen LogP contribution in [0.4, 0.5) is 14.9 Å². The zero-order chi connectivity index (χ0) is 26.2. The number of carbonyl (C=O) groups excluding carboxylic acids is 1. The van der Waals surface area contributed by atoms with Gasteiger partial charge in [-0.1, -0.05) is 11.6 Å². The van der Waals surface area contributed by atoms with Gasteiger partial charge < -0.3 is 30.6 Å². The quantitative estimate of drug-likeness (QED) is 0.214. The van der Waals surface area contributed by atoms with Crippen molar-refractivity contribution >= 4 is 17.4 Å². The standard InChI is InChI=1S/C27H32FN5O4/c1-17-3-8-22(28)23(13-17)33-27(36)32-19-4-6-20(7-5-19)37-21-9-11-29-25(15-21)24-14-18(16-31-24)26(35)30-10-2-12-34/h3-7,9,11,13-14,16,21-22,26,30-31,34-35H,2,8,10,12,15H2,1H3,(H2,32,33,36). The molecule has 1 aliphatic carbocycles. The molecule has 1 aromatic carbocycles. The van der Waals surface area contributed by atoms with Crippen LogP contribution in [0.1, 0.15) is 43.7 Å². The van der Waals surface area contributed by atoms with E-state index in [4.69, 9.17) is 9.84 Å². The van der Waals surface area contributed by atoms with Gasteiger partial charge in [0.15, 0.2) is 0 Å². The number of aromatic amines is 1. The highest BCUT2D eigenvalue weighted by Gasteiger charge is 2.20. The number of carbonyl (C=O) groups is 1. The fourth-order valence-electron chi connectivity index (χ4n) is 3.98. The number of nitrogens with one attached hydrogen (secondary N) is 4. The third-order valence-electron chi connectivity index (χ3n) is 5.96. The molecule has 2 aliphatic rings. The van der Waals surface area contributed by atoms with Crippen molar-refractivity contribution in [2.24, 2.45) is 4.99 Å². The van der Waals surface area contributed by atoms with E-state index in [9.17, 15) is 14.3 Å². The van der Waals surface area contributed by atoms with Gasteiger partial charge in [0.05, 0.1) is 17.1 Å². The number of benzene rings is 1. The lowest BCUT2D eigenvalue weighted by molar-refractivity contribution is 0.136. The molecule has 0 saturated carbocycles. The van der Waals surface area contributed by atoms with Crippen molar-refractivity contribution in [2.75, 3.05) is 18.5 Å². The summed E-state index contributed by atoms with van der Waals surface area (Å²) in [5.41, 5.74) is 3.98. The number of hydrogen-bond acceptors (Lipinski definition) is 6. The summed E-state index contributed by atoms with van der Waals surface area (Å²) in [6, 6.07) is 8.26. The summed E-state index contributed by atoms with van der Waals surface area (Å²) >= 11 is 0. The first kappa shape index (κ1) is 26.3. The number of halogens is 1. The first-order valence-corrected chi connectivity index (χ1v) is 12.2. The monoisotopic (exact) mass is 509 g/mol. The first-order chi connectivity index (χ1) is 17.9. The van der Waals surface area contributed by atoms with Crippen molar-refractivity contribution in [3.63, 3.8) is 0 Å². The van der Waals surface area contributed by atoms with Crippen LogP contribution in [0.15, 0.2) is 77.2 Å². The maximum atomic E-state index is 14.0. The Morgan fingerprint density at radius 3 is 2.89 bits per heavy atom. The van der Waals surface area contributed by atoms with Crippen LogP contribution in [-0.4, -0.2) is 52.4 Å². The summed E-state index contributed by atoms with van der Waals surface area (Å²) < 4.78 is 20.1. The van der Waals surface area contributed by atoms with Crippen molar-refractivity contribution in [1.82, 2.24) is 15.6 Å². The lowest BCUT2D eigenvalue weighted by Gasteiger charge is -2.19. The molecule has 9 nitrogen and oxygen atoms in total. The second-order valence-electron chi connectivity index (χ2n) is 8.91. The molecule has 3 atom stereocenters. The van der Waals surface area contributed by atoms with E-state index in [1.54, 1.807) is 48.8 Å². The van der Waals surface area contributed by atoms with Gasteiger partial charge in [-0.05, 0) is 62.4 Å². The minimum Gasteiger partial charge on any atom is -0.486 e. The van der Waals surface area contributed by atoms with Gasteiger partial charge in [0.25, 0.3) is 0 Å². The van der Waals surface area contributed by atoms with Crippen molar-refractivity contribution in [2.45, 2.75) is 44.7 Å². The van der Waals surface area contributed by atoms with Crippen molar-refractivity contribution in [3.05, 3.63) is 83.5 Å². The smallest absolute Gasteiger partial charge is 0.323 e. The van der Waals surface area contributed by atoms with Gasteiger partial charge in [0.2, 0.25) is 0 Å². The molecular formula is C27H32FN5O4. The molecule has 3 unspecified atom stereocenters. The molecule has 6 N–H and O–H groups in total. The molecule has 2 heterocycles. The van der Waals surface area contributed by atoms with E-state index in [0.29, 0.717) is 36.4 Å². The Morgan fingerprint density at radius 1 is 1.30 bits per heavy atom. The number of aliphatic hydroxyl groups excluding tert-OH is 2. The van der Waals surface area contributed by atoms with Gasteiger partial charge in [-0.25, -0.2) is 9.18 Å². The van der Waals surface area contributed by atoms with Crippen LogP contribution in [0.2, 0.25) is 0 Å². The second-order valence-corrected chi connectivity index (χ2v) is 8.91. The van der Waals surface area contributed by atoms with Gasteiger partial charge in [-0.3, -0.25) is 10.3 Å². The molecule has 0 spiro atoms. The molecular weight excluding hydrogens is 477 g/mol. The number of hydrogen-bond donors (Lipinski definition) is 6. The van der Waals surface area contributed by atoms with Crippen LogP contribution < -0.4 is 20.7 Å². The molecule has 0 fully saturated rings. The van der Waals surface area contributed by atoms with Crippen LogP contribution in [0.5, 0.6) is 5.75 Å². The first-order valence-electron chi connectivity index (χ1n) is 12.2. The largest absolute Gasteiger partial charge is 0.486 e. The average molecular weight is 510 g/mol. The summed E-state index contributed by atoms with van der Waals surface area (Å²) in [6.45, 7) is 2.43. The van der Waals surface area contributed by atoms with E-state index in [0.717, 1.165) is 17.0 Å². The molecule has 0 bridgehead atoms. The number of amides is 2. The number of aromatic nitrogens is 1. The normalized spacial score (nSPS) is 19.9. The van der Waals surface area contributed by atoms with Gasteiger partial charge in [0, 0.05) is 43.1 Å². The Labute approximate surface area is 214 Å². The number of allylic oxidation sites excluding steroid dienone is 4. The van der Waals surface area contributed by atoms with E-state index in [-0.39, 0.29) is 24.8 Å². The van der Waals surface area contributed by atoms with Crippen molar-refractivity contribution in [1.29, 1.82) is 0 Å². The minimum absolute atomic E-state index is 0.0637. The Kier molecular flexibility index (Phi) is 8.89. The molecule has 0 radical (unpaired) electrons. The highest BCUT2D eigenvalue weighted by atomic mass is 19.1. The van der Waals surface area contributed by atoms with E-state index >= 15 is 0 Å². The van der Waals surface area contributed by atoms with Gasteiger partial charge >= 0.3 is 6.03 Å². The highest BCUT2D eigenvalue weighted by Crippen LogP contribution is 2.23. The molecule has 1 aromatic heterocycles. The Bertz CT molecular complexity index is 1200. The number of aliphatic hydroxyl groups is 2. The predicted molar refractivity (Wildman–Crippen MR) is 140 cm³/mol. The zero-order valence-electron chi connectivity index (χ0n) is 20.6. The number of rotatable bonds is 10. The number of alkyl halides is 1. The molecule has 0 saturated heterocycles. The molecule has 4 rings (SSSR count). The third-order valence-corrected chi connectivity index (χ3v) is 5.96. The van der Waals surface area contributed by atoms with E-state index < -0.39 is 18.4 Å². The highest BCUT2D eigenvalue weighted by molar-refractivity contribution is 6.00. The van der Waals surface area contributed by atoms with Crippen LogP contribution >= 0.6 is 0 Å². The minimum atomic E-state index is -1.22. The molecule has 196 valence electrons. The van der Waals surface area contributed by atoms with Crippen LogP contribution in [0.3, 0.4) is 0 Å². The molecule has 10 heteroatoms. The summed E-state index contributed by atoms with van der Waals surface area (Å²) in [5.74, 6) is 0.622. The van der Waals surface area contributed by atoms with Gasteiger partial charge in [-0.2, -0.15) is 0 Å². The lowest BCUT2D eigenvalue weighted by Crippen LogP contribution is -2.32. The average Bonchev–Trinajstić information content (AvgIpc) is 3.38. The van der Waals surface area contributed by atoms with Gasteiger partial charge in [-0.15, -0.1) is 0 Å².